The van der Waals surface area contributed by atoms with Crippen LogP contribution in [0.3, 0.4) is 0 Å². The lowest BCUT2D eigenvalue weighted by molar-refractivity contribution is -0.137. The summed E-state index contributed by atoms with van der Waals surface area (Å²) in [4.78, 5) is 17.1. The van der Waals surface area contributed by atoms with E-state index in [2.05, 4.69) is 10.2 Å². The molecule has 9 heteroatoms. The number of carbonyl (C=O) groups excluding carboxylic acids is 1. The number of hydrogen-bond acceptors (Lipinski definition) is 3. The van der Waals surface area contributed by atoms with Gasteiger partial charge in [0.2, 0.25) is 0 Å². The summed E-state index contributed by atoms with van der Waals surface area (Å²) in [7, 11) is 0. The standard InChI is InChI=1S/C25H20F4N2O2S/c1-16-13-20(9-12-22(16)30-2)31-23(32)24(33,15-34-21-10-7-19(26)8-11-21)14-17-3-5-18(6-4-17)25(27,28)29/h3-13,33H,14-15H2,1H3,(H,31,32)/t24-/m0/s1. The van der Waals surface area contributed by atoms with E-state index in [1.54, 1.807) is 19.1 Å². The summed E-state index contributed by atoms with van der Waals surface area (Å²) in [5.74, 6) is -1.32. The minimum absolute atomic E-state index is 0.134. The van der Waals surface area contributed by atoms with Gasteiger partial charge in [0.25, 0.3) is 5.91 Å². The zero-order valence-corrected chi connectivity index (χ0v) is 18.8. The van der Waals surface area contributed by atoms with Crippen molar-refractivity contribution in [2.24, 2.45) is 0 Å². The first-order chi connectivity index (χ1) is 16.0. The highest BCUT2D eigenvalue weighted by Gasteiger charge is 2.37. The third kappa shape index (κ3) is 6.37. The quantitative estimate of drug-likeness (QED) is 0.230. The van der Waals surface area contributed by atoms with Crippen molar-refractivity contribution >= 4 is 29.0 Å². The van der Waals surface area contributed by atoms with Crippen molar-refractivity contribution in [2.45, 2.75) is 30.0 Å². The molecule has 34 heavy (non-hydrogen) atoms. The van der Waals surface area contributed by atoms with Gasteiger partial charge in [-0.2, -0.15) is 13.2 Å². The van der Waals surface area contributed by atoms with E-state index in [9.17, 15) is 27.5 Å². The number of anilines is 1. The number of amides is 1. The second-order valence-electron chi connectivity index (χ2n) is 7.71. The second kappa shape index (κ2) is 10.3. The highest BCUT2D eigenvalue weighted by atomic mass is 32.2. The van der Waals surface area contributed by atoms with Crippen molar-refractivity contribution < 1.29 is 27.5 Å². The molecule has 3 aromatic rings. The first kappa shape index (κ1) is 25.3. The van der Waals surface area contributed by atoms with E-state index in [1.165, 1.54) is 42.5 Å². The number of alkyl halides is 3. The maximum absolute atomic E-state index is 13.2. The number of halogens is 4. The molecule has 0 aliphatic rings. The monoisotopic (exact) mass is 488 g/mol. The molecule has 0 heterocycles. The minimum Gasteiger partial charge on any atom is -0.379 e. The van der Waals surface area contributed by atoms with Crippen LogP contribution in [-0.2, 0) is 17.4 Å². The number of aryl methyl sites for hydroxylation is 1. The number of hydrogen-bond donors (Lipinski definition) is 2. The molecule has 0 saturated carbocycles. The maximum Gasteiger partial charge on any atom is 0.416 e. The smallest absolute Gasteiger partial charge is 0.379 e. The van der Waals surface area contributed by atoms with Crippen LogP contribution in [0.5, 0.6) is 0 Å². The number of carbonyl (C=O) groups is 1. The average Bonchev–Trinajstić information content (AvgIpc) is 2.78. The van der Waals surface area contributed by atoms with Gasteiger partial charge in [-0.05, 0) is 66.6 Å². The van der Waals surface area contributed by atoms with Crippen LogP contribution in [0.15, 0.2) is 71.6 Å². The van der Waals surface area contributed by atoms with E-state index >= 15 is 0 Å². The number of nitrogens with one attached hydrogen (secondary N) is 1. The largest absolute Gasteiger partial charge is 0.416 e. The molecule has 1 atom stereocenters. The van der Waals surface area contributed by atoms with Crippen LogP contribution in [0.4, 0.5) is 28.9 Å². The normalized spacial score (nSPS) is 13.1. The molecule has 3 rings (SSSR count). The van der Waals surface area contributed by atoms with Crippen molar-refractivity contribution in [1.29, 1.82) is 0 Å². The molecular weight excluding hydrogens is 468 g/mol. The third-order valence-electron chi connectivity index (χ3n) is 5.07. The summed E-state index contributed by atoms with van der Waals surface area (Å²) >= 11 is 1.11. The number of rotatable bonds is 7. The van der Waals surface area contributed by atoms with Crippen LogP contribution in [-0.4, -0.2) is 22.4 Å². The van der Waals surface area contributed by atoms with Crippen LogP contribution in [0, 0.1) is 19.3 Å². The van der Waals surface area contributed by atoms with Gasteiger partial charge in [0, 0.05) is 22.8 Å². The zero-order valence-electron chi connectivity index (χ0n) is 18.0. The SMILES string of the molecule is [C-]#[N+]c1ccc(NC(=O)[C@@](O)(CSc2ccc(F)cc2)Cc2ccc(C(F)(F)F)cc2)cc1C. The fourth-order valence-corrected chi connectivity index (χ4v) is 4.15. The Kier molecular flexibility index (Phi) is 7.64. The van der Waals surface area contributed by atoms with Gasteiger partial charge >= 0.3 is 6.18 Å². The zero-order chi connectivity index (χ0) is 24.9. The Morgan fingerprint density at radius 2 is 1.71 bits per heavy atom. The topological polar surface area (TPSA) is 53.7 Å². The molecule has 0 radical (unpaired) electrons. The van der Waals surface area contributed by atoms with E-state index in [0.717, 1.165) is 23.9 Å². The van der Waals surface area contributed by atoms with Crippen molar-refractivity contribution in [2.75, 3.05) is 11.1 Å². The molecule has 2 N–H and O–H groups in total. The molecule has 0 aliphatic heterocycles. The fourth-order valence-electron chi connectivity index (χ4n) is 3.19. The molecule has 0 fully saturated rings. The lowest BCUT2D eigenvalue weighted by Gasteiger charge is -2.27. The van der Waals surface area contributed by atoms with Gasteiger partial charge in [-0.15, -0.1) is 11.8 Å². The van der Waals surface area contributed by atoms with Crippen LogP contribution in [0.1, 0.15) is 16.7 Å². The predicted octanol–water partition coefficient (Wildman–Crippen LogP) is 6.41. The Morgan fingerprint density at radius 1 is 1.06 bits per heavy atom. The molecule has 0 unspecified atom stereocenters. The Hall–Kier alpha value is -3.35. The van der Waals surface area contributed by atoms with E-state index in [0.29, 0.717) is 27.4 Å². The van der Waals surface area contributed by atoms with E-state index < -0.39 is 29.1 Å². The van der Waals surface area contributed by atoms with E-state index in [1.807, 2.05) is 0 Å². The molecule has 0 aliphatic carbocycles. The molecular formula is C25H20F4N2O2S. The number of nitrogens with zero attached hydrogens (tertiary/aromatic N) is 1. The maximum atomic E-state index is 13.2. The van der Waals surface area contributed by atoms with Crippen LogP contribution in [0.25, 0.3) is 4.85 Å². The molecule has 3 aromatic carbocycles. The first-order valence-electron chi connectivity index (χ1n) is 10.1. The predicted molar refractivity (Wildman–Crippen MR) is 123 cm³/mol. The molecule has 0 bridgehead atoms. The van der Waals surface area contributed by atoms with Crippen molar-refractivity contribution in [3.8, 4) is 0 Å². The van der Waals surface area contributed by atoms with Crippen LogP contribution < -0.4 is 5.32 Å². The van der Waals surface area contributed by atoms with Crippen molar-refractivity contribution in [1.82, 2.24) is 0 Å². The van der Waals surface area contributed by atoms with Gasteiger partial charge < -0.3 is 10.4 Å². The lowest BCUT2D eigenvalue weighted by Crippen LogP contribution is -2.47. The van der Waals surface area contributed by atoms with Gasteiger partial charge in [-0.1, -0.05) is 18.2 Å². The van der Waals surface area contributed by atoms with Crippen LogP contribution in [0.2, 0.25) is 0 Å². The highest BCUT2D eigenvalue weighted by Crippen LogP contribution is 2.31. The molecule has 0 aromatic heterocycles. The summed E-state index contributed by atoms with van der Waals surface area (Å²) < 4.78 is 51.9. The molecule has 176 valence electrons. The second-order valence-corrected chi connectivity index (χ2v) is 8.76. The van der Waals surface area contributed by atoms with Crippen molar-refractivity contribution in [3.63, 3.8) is 0 Å². The molecule has 0 spiro atoms. The van der Waals surface area contributed by atoms with E-state index in [4.69, 9.17) is 6.57 Å². The van der Waals surface area contributed by atoms with Gasteiger partial charge in [0.1, 0.15) is 5.82 Å². The Balaban J connectivity index is 1.85. The summed E-state index contributed by atoms with van der Waals surface area (Å²) in [6.07, 6.45) is -4.75. The van der Waals surface area contributed by atoms with Gasteiger partial charge in [-0.3, -0.25) is 4.79 Å². The van der Waals surface area contributed by atoms with E-state index in [-0.39, 0.29) is 12.2 Å². The Bertz CT molecular complexity index is 1210. The number of aliphatic hydroxyl groups is 1. The summed E-state index contributed by atoms with van der Waals surface area (Å²) in [5, 5.41) is 14.0. The molecule has 0 saturated heterocycles. The Morgan fingerprint density at radius 3 is 2.26 bits per heavy atom. The van der Waals surface area contributed by atoms with Crippen molar-refractivity contribution in [3.05, 3.63) is 101 Å². The van der Waals surface area contributed by atoms with Crippen LogP contribution >= 0.6 is 11.8 Å². The summed E-state index contributed by atoms with van der Waals surface area (Å²) in [6, 6.07) is 14.4. The van der Waals surface area contributed by atoms with Gasteiger partial charge in [0.05, 0.1) is 12.1 Å². The fraction of sp³-hybridized carbons (Fsp3) is 0.200. The summed E-state index contributed by atoms with van der Waals surface area (Å²) in [6.45, 7) is 8.84. The first-order valence-corrected chi connectivity index (χ1v) is 11.1. The van der Waals surface area contributed by atoms with Gasteiger partial charge in [-0.25, -0.2) is 9.24 Å². The lowest BCUT2D eigenvalue weighted by atomic mass is 9.94. The average molecular weight is 489 g/mol. The Labute approximate surface area is 198 Å². The molecule has 1 amide bonds. The number of thioether (sulfide) groups is 1. The minimum atomic E-state index is -4.50. The third-order valence-corrected chi connectivity index (χ3v) is 6.29. The highest BCUT2D eigenvalue weighted by molar-refractivity contribution is 7.99. The molecule has 4 nitrogen and oxygen atoms in total. The summed E-state index contributed by atoms with van der Waals surface area (Å²) in [5.41, 5.74) is -1.06. The van der Waals surface area contributed by atoms with Gasteiger partial charge in [0.15, 0.2) is 11.3 Å². The number of benzene rings is 3.